The van der Waals surface area contributed by atoms with Crippen LogP contribution in [0.4, 0.5) is 5.82 Å². The highest BCUT2D eigenvalue weighted by atomic mass is 32.1. The summed E-state index contributed by atoms with van der Waals surface area (Å²) in [6.07, 6.45) is 6.10. The third kappa shape index (κ3) is 6.60. The lowest BCUT2D eigenvalue weighted by Crippen LogP contribution is -2.38. The summed E-state index contributed by atoms with van der Waals surface area (Å²) in [5.41, 5.74) is 4.22. The second-order valence-corrected chi connectivity index (χ2v) is 14.4. The van der Waals surface area contributed by atoms with Crippen molar-refractivity contribution in [1.82, 2.24) is 25.2 Å². The van der Waals surface area contributed by atoms with E-state index in [0.29, 0.717) is 36.1 Å². The first-order chi connectivity index (χ1) is 20.5. The molecule has 0 spiro atoms. The summed E-state index contributed by atoms with van der Waals surface area (Å²) in [5.74, 6) is 0.514. The van der Waals surface area contributed by atoms with Crippen LogP contribution in [-0.4, -0.2) is 80.3 Å². The maximum Gasteiger partial charge on any atom is 0.280 e. The van der Waals surface area contributed by atoms with Crippen LogP contribution in [0.2, 0.25) is 0 Å². The lowest BCUT2D eigenvalue weighted by molar-refractivity contribution is -0.124. The van der Waals surface area contributed by atoms with E-state index in [9.17, 15) is 19.8 Å². The van der Waals surface area contributed by atoms with Crippen LogP contribution in [0.15, 0.2) is 24.4 Å². The number of piperidine rings is 1. The molecule has 0 saturated carbocycles. The van der Waals surface area contributed by atoms with Crippen molar-refractivity contribution in [3.05, 3.63) is 46.2 Å². The lowest BCUT2D eigenvalue weighted by atomic mass is 9.71. The number of hydrogen-bond acceptors (Lipinski definition) is 9. The number of fused-ring (bicyclic) bond motifs is 2. The first kappa shape index (κ1) is 30.1. The van der Waals surface area contributed by atoms with E-state index in [1.54, 1.807) is 12.3 Å². The molecule has 1 unspecified atom stereocenters. The van der Waals surface area contributed by atoms with Gasteiger partial charge < -0.3 is 20.4 Å². The fraction of sp³-hybridized carbons (Fsp3) is 0.594. The average Bonchev–Trinajstić information content (AvgIpc) is 3.56. The smallest absolute Gasteiger partial charge is 0.280 e. The molecule has 3 aromatic heterocycles. The number of rotatable bonds is 7. The lowest BCUT2D eigenvalue weighted by Gasteiger charge is -2.34. The average molecular weight is 607 g/mol. The van der Waals surface area contributed by atoms with Crippen LogP contribution in [0.5, 0.6) is 0 Å². The molecule has 0 bridgehead atoms. The predicted molar refractivity (Wildman–Crippen MR) is 166 cm³/mol. The number of thiazole rings is 1. The number of aliphatic hydroxyl groups is 2. The topological polar surface area (TPSA) is 132 Å². The Labute approximate surface area is 256 Å². The molecule has 3 aromatic rings. The molecule has 3 atom stereocenters. The van der Waals surface area contributed by atoms with Crippen molar-refractivity contribution in [2.24, 2.45) is 11.3 Å². The molecular weight excluding hydrogens is 564 g/mol. The predicted octanol–water partition coefficient (Wildman–Crippen LogP) is 3.65. The van der Waals surface area contributed by atoms with Crippen LogP contribution in [-0.2, 0) is 17.6 Å². The largest absolute Gasteiger partial charge is 0.393 e. The number of aryl methyl sites for hydroxylation is 1. The van der Waals surface area contributed by atoms with Gasteiger partial charge in [-0.25, -0.2) is 15.0 Å². The quantitative estimate of drug-likeness (QED) is 0.372. The van der Waals surface area contributed by atoms with Crippen LogP contribution in [0.1, 0.15) is 85.5 Å². The Hall–Kier alpha value is -2.99. The first-order valence-corrected chi connectivity index (χ1v) is 16.3. The van der Waals surface area contributed by atoms with E-state index in [4.69, 9.17) is 9.97 Å². The van der Waals surface area contributed by atoms with Gasteiger partial charge in [0.1, 0.15) is 22.3 Å². The zero-order chi connectivity index (χ0) is 30.3. The maximum atomic E-state index is 13.6. The second-order valence-electron chi connectivity index (χ2n) is 13.4. The third-order valence-electron chi connectivity index (χ3n) is 9.39. The molecule has 2 amide bonds. The Bertz CT molecular complexity index is 1480. The van der Waals surface area contributed by atoms with Crippen molar-refractivity contribution in [1.29, 1.82) is 0 Å². The number of pyridine rings is 2. The number of nitrogens with one attached hydrogen (secondary N) is 1. The highest BCUT2D eigenvalue weighted by Gasteiger charge is 2.32. The number of aromatic nitrogens is 3. The zero-order valence-corrected chi connectivity index (χ0v) is 26.1. The van der Waals surface area contributed by atoms with Gasteiger partial charge in [0.25, 0.3) is 11.8 Å². The van der Waals surface area contributed by atoms with E-state index in [2.05, 4.69) is 42.0 Å². The second kappa shape index (κ2) is 12.2. The first-order valence-electron chi connectivity index (χ1n) is 15.5. The molecule has 43 heavy (non-hydrogen) atoms. The van der Waals surface area contributed by atoms with Crippen LogP contribution in [0, 0.1) is 11.3 Å². The van der Waals surface area contributed by atoms with Crippen LogP contribution >= 0.6 is 11.3 Å². The summed E-state index contributed by atoms with van der Waals surface area (Å²) in [4.78, 5) is 44.7. The molecule has 3 aliphatic rings. The fourth-order valence-corrected chi connectivity index (χ4v) is 7.34. The van der Waals surface area contributed by atoms with Crippen molar-refractivity contribution in [2.75, 3.05) is 31.1 Å². The number of likely N-dealkylation sites (tertiary alicyclic amines) is 1. The van der Waals surface area contributed by atoms with Crippen molar-refractivity contribution in [2.45, 2.75) is 84.0 Å². The summed E-state index contributed by atoms with van der Waals surface area (Å²) in [7, 11) is 0. The van der Waals surface area contributed by atoms with Crippen LogP contribution < -0.4 is 10.2 Å². The summed E-state index contributed by atoms with van der Waals surface area (Å²) in [6, 6.07) is 5.48. The maximum absolute atomic E-state index is 13.6. The van der Waals surface area contributed by atoms with Crippen molar-refractivity contribution in [3.8, 4) is 0 Å². The molecule has 2 fully saturated rings. The monoisotopic (exact) mass is 606 g/mol. The molecule has 10 nitrogen and oxygen atoms in total. The Balaban J connectivity index is 1.20. The fourth-order valence-electron chi connectivity index (χ4n) is 6.50. The van der Waals surface area contributed by atoms with Crippen LogP contribution in [0.3, 0.4) is 0 Å². The Morgan fingerprint density at radius 3 is 2.58 bits per heavy atom. The molecule has 0 radical (unpaired) electrons. The van der Waals surface area contributed by atoms with E-state index in [-0.39, 0.29) is 29.4 Å². The minimum Gasteiger partial charge on any atom is -0.393 e. The molecule has 5 heterocycles. The van der Waals surface area contributed by atoms with Gasteiger partial charge in [-0.05, 0) is 73.1 Å². The summed E-state index contributed by atoms with van der Waals surface area (Å²) < 4.78 is 0. The van der Waals surface area contributed by atoms with Gasteiger partial charge in [-0.3, -0.25) is 14.5 Å². The van der Waals surface area contributed by atoms with Crippen molar-refractivity contribution in [3.63, 3.8) is 0 Å². The van der Waals surface area contributed by atoms with Gasteiger partial charge in [0, 0.05) is 44.5 Å². The van der Waals surface area contributed by atoms with Gasteiger partial charge in [0.15, 0.2) is 5.01 Å². The van der Waals surface area contributed by atoms with Gasteiger partial charge >= 0.3 is 0 Å². The van der Waals surface area contributed by atoms with E-state index in [0.717, 1.165) is 73.3 Å². The van der Waals surface area contributed by atoms with E-state index in [1.165, 1.54) is 21.8 Å². The number of anilines is 1. The number of hydrogen-bond donors (Lipinski definition) is 3. The Kier molecular flexibility index (Phi) is 8.52. The van der Waals surface area contributed by atoms with Gasteiger partial charge in [-0.1, -0.05) is 38.2 Å². The highest BCUT2D eigenvalue weighted by Crippen LogP contribution is 2.38. The van der Waals surface area contributed by atoms with E-state index >= 15 is 0 Å². The number of aliphatic hydroxyl groups excluding tert-OH is 2. The van der Waals surface area contributed by atoms with E-state index < -0.39 is 6.10 Å². The number of nitrogens with zero attached hydrogens (tertiary/aromatic N) is 5. The highest BCUT2D eigenvalue weighted by molar-refractivity contribution is 7.19. The Morgan fingerprint density at radius 2 is 1.91 bits per heavy atom. The van der Waals surface area contributed by atoms with Crippen LogP contribution in [0.25, 0.3) is 10.3 Å². The van der Waals surface area contributed by atoms with Crippen molar-refractivity contribution >= 4 is 39.3 Å². The molecule has 2 aliphatic heterocycles. The summed E-state index contributed by atoms with van der Waals surface area (Å²) >= 11 is 1.33. The molecule has 6 rings (SSSR count). The van der Waals surface area contributed by atoms with Gasteiger partial charge in [-0.15, -0.1) is 0 Å². The minimum absolute atomic E-state index is 0.237. The van der Waals surface area contributed by atoms with Gasteiger partial charge in [0.2, 0.25) is 0 Å². The summed E-state index contributed by atoms with van der Waals surface area (Å²) in [5, 5.41) is 23.4. The molecule has 0 aromatic carbocycles. The Morgan fingerprint density at radius 1 is 1.12 bits per heavy atom. The number of carbonyl (C=O) groups excluding carboxylic acids is 2. The molecule has 3 N–H and O–H groups in total. The SMILES string of the molecule is CC(C)(C)[C@H]1CCc2nc3sc(C(=O)N[C@H](CCN4CCC(O)CC4)c4ccc(N5CCC(O)C5=O)nc4)nc3cc2C1. The minimum atomic E-state index is -0.981. The molecular formula is C32H42N6O4S. The van der Waals surface area contributed by atoms with Gasteiger partial charge in [-0.2, -0.15) is 0 Å². The normalized spacial score (nSPS) is 22.6. The molecule has 1 aliphatic carbocycles. The van der Waals surface area contributed by atoms with E-state index in [1.807, 2.05) is 6.07 Å². The number of amides is 2. The standard InChI is InChI=1S/C32H42N6O4S/c1-32(2,3)21-5-6-23-20(16-21)17-25-29(35-23)43-30(36-25)28(41)34-24(10-14-37-12-8-22(39)9-13-37)19-4-7-27(33-18-19)38-15-11-26(40)31(38)42/h4,7,17-18,21-22,24,26,39-40H,5-6,8-16H2,1-3H3,(H,34,41)/t21-,24+,26?/m0/s1. The third-order valence-corrected chi connectivity index (χ3v) is 10.4. The summed E-state index contributed by atoms with van der Waals surface area (Å²) in [6.45, 7) is 9.73. The molecule has 2 saturated heterocycles. The van der Waals surface area contributed by atoms with Gasteiger partial charge in [0.05, 0.1) is 12.1 Å². The molecule has 11 heteroatoms. The van der Waals surface area contributed by atoms with Crippen molar-refractivity contribution < 1.29 is 19.8 Å². The number of carbonyl (C=O) groups is 2. The zero-order valence-electron chi connectivity index (χ0n) is 25.3. The molecule has 230 valence electrons.